The van der Waals surface area contributed by atoms with Crippen molar-refractivity contribution in [1.82, 2.24) is 5.32 Å². The first-order valence-electron chi connectivity index (χ1n) is 7.70. The molecule has 1 saturated carbocycles. The van der Waals surface area contributed by atoms with Crippen molar-refractivity contribution >= 4 is 0 Å². The summed E-state index contributed by atoms with van der Waals surface area (Å²) in [6, 6.07) is 9.32. The lowest BCUT2D eigenvalue weighted by atomic mass is 9.80. The van der Waals surface area contributed by atoms with E-state index in [0.717, 1.165) is 12.3 Å². The fraction of sp³-hybridized carbons (Fsp3) is 0.647. The molecule has 1 aliphatic carbocycles. The van der Waals surface area contributed by atoms with Gasteiger partial charge >= 0.3 is 0 Å². The van der Waals surface area contributed by atoms with Gasteiger partial charge in [-0.1, -0.05) is 31.9 Å². The Bertz CT molecular complexity index is 387. The Labute approximate surface area is 117 Å². The van der Waals surface area contributed by atoms with Gasteiger partial charge in [0.05, 0.1) is 6.10 Å². The quantitative estimate of drug-likeness (QED) is 0.861. The van der Waals surface area contributed by atoms with Gasteiger partial charge in [0.25, 0.3) is 0 Å². The number of hydrogen-bond donors (Lipinski definition) is 1. The lowest BCUT2D eigenvalue weighted by molar-refractivity contribution is 0.241. The highest BCUT2D eigenvalue weighted by atomic mass is 16.5. The molecule has 1 aromatic rings. The van der Waals surface area contributed by atoms with Gasteiger partial charge in [0.15, 0.2) is 0 Å². The maximum atomic E-state index is 5.82. The van der Waals surface area contributed by atoms with Gasteiger partial charge in [-0.3, -0.25) is 0 Å². The molecule has 2 atom stereocenters. The Hall–Kier alpha value is -1.02. The Morgan fingerprint density at radius 2 is 2.05 bits per heavy atom. The molecule has 1 N–H and O–H groups in total. The van der Waals surface area contributed by atoms with E-state index in [0.29, 0.717) is 12.0 Å². The van der Waals surface area contributed by atoms with Crippen LogP contribution in [-0.2, 0) is 0 Å². The fourth-order valence-corrected chi connectivity index (χ4v) is 3.13. The zero-order valence-electron chi connectivity index (χ0n) is 12.5. The van der Waals surface area contributed by atoms with Gasteiger partial charge in [0.1, 0.15) is 5.75 Å². The Kier molecular flexibility index (Phi) is 5.26. The zero-order chi connectivity index (χ0) is 13.7. The van der Waals surface area contributed by atoms with Crippen LogP contribution in [0.3, 0.4) is 0 Å². The van der Waals surface area contributed by atoms with E-state index in [1.54, 1.807) is 0 Å². The minimum absolute atomic E-state index is 0.242. The molecule has 1 aromatic carbocycles. The van der Waals surface area contributed by atoms with Gasteiger partial charge in [-0.2, -0.15) is 0 Å². The Balaban J connectivity index is 2.14. The van der Waals surface area contributed by atoms with E-state index in [4.69, 9.17) is 4.74 Å². The van der Waals surface area contributed by atoms with Crippen LogP contribution in [0.5, 0.6) is 5.75 Å². The number of benzene rings is 1. The summed E-state index contributed by atoms with van der Waals surface area (Å²) >= 11 is 0. The van der Waals surface area contributed by atoms with E-state index in [-0.39, 0.29) is 6.10 Å². The minimum Gasteiger partial charge on any atom is -0.491 e. The first-order valence-corrected chi connectivity index (χ1v) is 7.70. The van der Waals surface area contributed by atoms with Crippen molar-refractivity contribution < 1.29 is 4.74 Å². The molecule has 0 bridgehead atoms. The van der Waals surface area contributed by atoms with E-state index in [1.165, 1.54) is 31.2 Å². The summed E-state index contributed by atoms with van der Waals surface area (Å²) in [6.07, 6.45) is 5.54. The smallest absolute Gasteiger partial charge is 0.119 e. The molecular weight excluding hydrogens is 234 g/mol. The predicted octanol–water partition coefficient (Wildman–Crippen LogP) is 4.11. The summed E-state index contributed by atoms with van der Waals surface area (Å²) in [5.41, 5.74) is 1.43. The Morgan fingerprint density at radius 3 is 2.79 bits per heavy atom. The third-order valence-corrected chi connectivity index (χ3v) is 3.89. The van der Waals surface area contributed by atoms with Gasteiger partial charge in [-0.25, -0.2) is 0 Å². The molecule has 0 aliphatic heterocycles. The van der Waals surface area contributed by atoms with E-state index in [1.807, 2.05) is 0 Å². The molecule has 2 heteroatoms. The van der Waals surface area contributed by atoms with Gasteiger partial charge in [-0.05, 0) is 56.8 Å². The third kappa shape index (κ3) is 3.97. The van der Waals surface area contributed by atoms with E-state index in [9.17, 15) is 0 Å². The van der Waals surface area contributed by atoms with Crippen LogP contribution < -0.4 is 10.1 Å². The standard InChI is InChI=1S/C17H27NO/c1-4-18-17-11-6-5-10-16(17)14-8-7-9-15(12-14)19-13(2)3/h7-9,12-13,16-18H,4-6,10-11H2,1-3H3. The summed E-state index contributed by atoms with van der Waals surface area (Å²) in [7, 11) is 0. The van der Waals surface area contributed by atoms with Crippen molar-refractivity contribution in [2.75, 3.05) is 6.54 Å². The molecule has 0 amide bonds. The number of hydrogen-bond acceptors (Lipinski definition) is 2. The monoisotopic (exact) mass is 261 g/mol. The molecule has 2 unspecified atom stereocenters. The number of likely N-dealkylation sites (N-methyl/N-ethyl adjacent to an activating group) is 1. The molecule has 0 saturated heterocycles. The maximum absolute atomic E-state index is 5.82. The van der Waals surface area contributed by atoms with Crippen LogP contribution >= 0.6 is 0 Å². The highest BCUT2D eigenvalue weighted by Crippen LogP contribution is 2.34. The second kappa shape index (κ2) is 6.95. The van der Waals surface area contributed by atoms with Crippen LogP contribution in [0, 0.1) is 0 Å². The first-order chi connectivity index (χ1) is 9.20. The summed E-state index contributed by atoms with van der Waals surface area (Å²) in [4.78, 5) is 0. The van der Waals surface area contributed by atoms with Crippen molar-refractivity contribution in [2.24, 2.45) is 0 Å². The third-order valence-electron chi connectivity index (χ3n) is 3.89. The molecular formula is C17H27NO. The second-order valence-electron chi connectivity index (χ2n) is 5.79. The normalized spacial score (nSPS) is 23.6. The van der Waals surface area contributed by atoms with Crippen molar-refractivity contribution in [3.8, 4) is 5.75 Å². The highest BCUT2D eigenvalue weighted by Gasteiger charge is 2.25. The van der Waals surface area contributed by atoms with E-state index < -0.39 is 0 Å². The van der Waals surface area contributed by atoms with Crippen LogP contribution in [0.4, 0.5) is 0 Å². The highest BCUT2D eigenvalue weighted by molar-refractivity contribution is 5.32. The van der Waals surface area contributed by atoms with Crippen LogP contribution in [-0.4, -0.2) is 18.7 Å². The van der Waals surface area contributed by atoms with Crippen molar-refractivity contribution in [1.29, 1.82) is 0 Å². The average Bonchev–Trinajstić information content (AvgIpc) is 2.39. The topological polar surface area (TPSA) is 21.3 Å². The molecule has 106 valence electrons. The summed E-state index contributed by atoms with van der Waals surface area (Å²) in [5.74, 6) is 1.65. The van der Waals surface area contributed by atoms with Crippen molar-refractivity contribution in [2.45, 2.75) is 64.5 Å². The SMILES string of the molecule is CCNC1CCCCC1c1cccc(OC(C)C)c1. The van der Waals surface area contributed by atoms with Crippen LogP contribution in [0.2, 0.25) is 0 Å². The molecule has 19 heavy (non-hydrogen) atoms. The van der Waals surface area contributed by atoms with Gasteiger partial charge in [0, 0.05) is 6.04 Å². The molecule has 2 rings (SSSR count). The molecule has 1 fully saturated rings. The van der Waals surface area contributed by atoms with Crippen molar-refractivity contribution in [3.63, 3.8) is 0 Å². The molecule has 0 aromatic heterocycles. The fourth-order valence-electron chi connectivity index (χ4n) is 3.13. The number of nitrogens with one attached hydrogen (secondary N) is 1. The van der Waals surface area contributed by atoms with Crippen molar-refractivity contribution in [3.05, 3.63) is 29.8 Å². The summed E-state index contributed by atoms with van der Waals surface area (Å²) in [6.45, 7) is 7.41. The van der Waals surface area contributed by atoms with Gasteiger partial charge in [-0.15, -0.1) is 0 Å². The number of ether oxygens (including phenoxy) is 1. The minimum atomic E-state index is 0.242. The van der Waals surface area contributed by atoms with Crippen LogP contribution in [0.1, 0.15) is 57.9 Å². The molecule has 0 radical (unpaired) electrons. The predicted molar refractivity (Wildman–Crippen MR) is 80.9 cm³/mol. The van der Waals surface area contributed by atoms with Crippen LogP contribution in [0.25, 0.3) is 0 Å². The summed E-state index contributed by atoms with van der Waals surface area (Å²) in [5, 5.41) is 3.65. The maximum Gasteiger partial charge on any atom is 0.119 e. The van der Waals surface area contributed by atoms with Crippen LogP contribution in [0.15, 0.2) is 24.3 Å². The zero-order valence-corrected chi connectivity index (χ0v) is 12.5. The van der Waals surface area contributed by atoms with Gasteiger partial charge < -0.3 is 10.1 Å². The second-order valence-corrected chi connectivity index (χ2v) is 5.79. The first kappa shape index (κ1) is 14.4. The molecule has 0 heterocycles. The average molecular weight is 261 g/mol. The molecule has 2 nitrogen and oxygen atoms in total. The number of rotatable bonds is 5. The summed E-state index contributed by atoms with van der Waals surface area (Å²) < 4.78 is 5.82. The van der Waals surface area contributed by atoms with E-state index in [2.05, 4.69) is 50.4 Å². The van der Waals surface area contributed by atoms with Gasteiger partial charge in [0.2, 0.25) is 0 Å². The lowest BCUT2D eigenvalue weighted by Gasteiger charge is -2.32. The molecule has 1 aliphatic rings. The largest absolute Gasteiger partial charge is 0.491 e. The molecule has 0 spiro atoms. The Morgan fingerprint density at radius 1 is 1.26 bits per heavy atom. The van der Waals surface area contributed by atoms with E-state index >= 15 is 0 Å². The lowest BCUT2D eigenvalue weighted by Crippen LogP contribution is -2.37.